The number of alkyl halides is 1. The number of hydrogen-bond donors (Lipinski definition) is 2. The van der Waals surface area contributed by atoms with Crippen LogP contribution in [-0.4, -0.2) is 33.6 Å². The van der Waals surface area contributed by atoms with Crippen molar-refractivity contribution in [1.82, 2.24) is 0 Å². The molecule has 0 radical (unpaired) electrons. The molecule has 1 aromatic rings. The molecule has 0 atom stereocenters. The van der Waals surface area contributed by atoms with Gasteiger partial charge in [0, 0.05) is 6.07 Å². The SMILES string of the molecule is O=C(O)c1c(O)ccc([N+](=O)[O-])c1C(=O)CF. The summed E-state index contributed by atoms with van der Waals surface area (Å²) >= 11 is 0. The summed E-state index contributed by atoms with van der Waals surface area (Å²) in [6.45, 7) is -1.59. The molecule has 0 heterocycles. The highest BCUT2D eigenvalue weighted by molar-refractivity contribution is 6.10. The Hall–Kier alpha value is -2.51. The number of aromatic carboxylic acids is 1. The molecule has 90 valence electrons. The Morgan fingerprint density at radius 1 is 1.35 bits per heavy atom. The number of carboxylic acid groups (broad SMARTS) is 1. The van der Waals surface area contributed by atoms with Crippen molar-refractivity contribution < 1.29 is 29.1 Å². The third-order valence-corrected chi connectivity index (χ3v) is 1.97. The number of nitro groups is 1. The second-order valence-corrected chi connectivity index (χ2v) is 2.97. The molecule has 0 saturated carbocycles. The molecule has 0 aliphatic rings. The number of nitro benzene ring substituents is 1. The summed E-state index contributed by atoms with van der Waals surface area (Å²) < 4.78 is 12.2. The van der Waals surface area contributed by atoms with Gasteiger partial charge >= 0.3 is 5.97 Å². The van der Waals surface area contributed by atoms with Gasteiger partial charge in [-0.3, -0.25) is 14.9 Å². The fraction of sp³-hybridized carbons (Fsp3) is 0.111. The number of aromatic hydroxyl groups is 1. The van der Waals surface area contributed by atoms with E-state index in [1.54, 1.807) is 0 Å². The zero-order chi connectivity index (χ0) is 13.2. The van der Waals surface area contributed by atoms with Crippen molar-refractivity contribution in [3.05, 3.63) is 33.4 Å². The number of carbonyl (C=O) groups is 2. The molecule has 0 saturated heterocycles. The van der Waals surface area contributed by atoms with E-state index >= 15 is 0 Å². The lowest BCUT2D eigenvalue weighted by atomic mass is 10.0. The molecule has 0 unspecified atom stereocenters. The maximum atomic E-state index is 12.2. The van der Waals surface area contributed by atoms with Crippen LogP contribution in [0.3, 0.4) is 0 Å². The van der Waals surface area contributed by atoms with Gasteiger partial charge in [-0.1, -0.05) is 0 Å². The number of halogens is 1. The standard InChI is InChI=1S/C9H6FNO6/c10-3-6(13)7-4(11(16)17)1-2-5(12)8(7)9(14)15/h1-2,12H,3H2,(H,14,15). The van der Waals surface area contributed by atoms with Crippen molar-refractivity contribution >= 4 is 17.4 Å². The van der Waals surface area contributed by atoms with E-state index in [1.165, 1.54) is 0 Å². The maximum absolute atomic E-state index is 12.2. The van der Waals surface area contributed by atoms with Crippen LogP contribution >= 0.6 is 0 Å². The molecular formula is C9H6FNO6. The Balaban J connectivity index is 3.67. The number of Topliss-reactive ketones (excluding diaryl/α,β-unsaturated/α-hetero) is 1. The Labute approximate surface area is 93.3 Å². The minimum absolute atomic E-state index is 0.741. The molecule has 2 N–H and O–H groups in total. The van der Waals surface area contributed by atoms with Gasteiger partial charge in [-0.2, -0.15) is 0 Å². The number of carboxylic acids is 1. The second-order valence-electron chi connectivity index (χ2n) is 2.97. The molecule has 1 rings (SSSR count). The quantitative estimate of drug-likeness (QED) is 0.465. The molecule has 0 bridgehead atoms. The number of ketones is 1. The molecule has 0 fully saturated rings. The lowest BCUT2D eigenvalue weighted by Gasteiger charge is -2.06. The zero-order valence-corrected chi connectivity index (χ0v) is 8.21. The Morgan fingerprint density at radius 2 is 1.94 bits per heavy atom. The smallest absolute Gasteiger partial charge is 0.340 e. The van der Waals surface area contributed by atoms with Gasteiger partial charge in [0.05, 0.1) is 4.92 Å². The van der Waals surface area contributed by atoms with Gasteiger partial charge in [-0.15, -0.1) is 0 Å². The summed E-state index contributed by atoms with van der Waals surface area (Å²) in [7, 11) is 0. The number of rotatable bonds is 4. The number of benzene rings is 1. The molecule has 0 aliphatic carbocycles. The minimum atomic E-state index is -1.75. The first-order valence-electron chi connectivity index (χ1n) is 4.23. The average molecular weight is 243 g/mol. The van der Waals surface area contributed by atoms with Crippen molar-refractivity contribution in [3.63, 3.8) is 0 Å². The first kappa shape index (κ1) is 12.6. The molecule has 7 nitrogen and oxygen atoms in total. The first-order chi connectivity index (χ1) is 7.90. The second kappa shape index (κ2) is 4.56. The van der Waals surface area contributed by atoms with Gasteiger partial charge in [0.1, 0.15) is 16.9 Å². The van der Waals surface area contributed by atoms with Gasteiger partial charge in [0.2, 0.25) is 5.78 Å². The Bertz CT molecular complexity index is 512. The van der Waals surface area contributed by atoms with Crippen LogP contribution in [0.15, 0.2) is 12.1 Å². The first-order valence-corrected chi connectivity index (χ1v) is 4.23. The molecule has 8 heteroatoms. The lowest BCUT2D eigenvalue weighted by molar-refractivity contribution is -0.385. The van der Waals surface area contributed by atoms with Gasteiger partial charge < -0.3 is 10.2 Å². The molecule has 1 aromatic carbocycles. The highest BCUT2D eigenvalue weighted by atomic mass is 19.1. The summed E-state index contributed by atoms with van der Waals surface area (Å²) in [5, 5.41) is 28.6. The van der Waals surface area contributed by atoms with Crippen LogP contribution in [0.5, 0.6) is 5.75 Å². The molecule has 17 heavy (non-hydrogen) atoms. The van der Waals surface area contributed by atoms with Crippen LogP contribution in [-0.2, 0) is 0 Å². The van der Waals surface area contributed by atoms with E-state index in [9.17, 15) is 29.2 Å². The van der Waals surface area contributed by atoms with Crippen molar-refractivity contribution in [2.24, 2.45) is 0 Å². The monoisotopic (exact) mass is 243 g/mol. The molecule has 0 spiro atoms. The minimum Gasteiger partial charge on any atom is -0.507 e. The third-order valence-electron chi connectivity index (χ3n) is 1.97. The number of hydrogen-bond acceptors (Lipinski definition) is 5. The Kier molecular flexibility index (Phi) is 3.37. The van der Waals surface area contributed by atoms with Crippen molar-refractivity contribution in [2.75, 3.05) is 6.67 Å². The molecular weight excluding hydrogens is 237 g/mol. The van der Waals surface area contributed by atoms with Crippen LogP contribution < -0.4 is 0 Å². The zero-order valence-electron chi connectivity index (χ0n) is 8.21. The lowest BCUT2D eigenvalue weighted by Crippen LogP contribution is -2.13. The number of phenols is 1. The highest BCUT2D eigenvalue weighted by Gasteiger charge is 2.29. The summed E-state index contributed by atoms with van der Waals surface area (Å²) in [5.41, 5.74) is -2.77. The van der Waals surface area contributed by atoms with E-state index < -0.39 is 45.9 Å². The Morgan fingerprint density at radius 3 is 2.35 bits per heavy atom. The van der Waals surface area contributed by atoms with E-state index in [0.29, 0.717) is 0 Å². The molecule has 0 aliphatic heterocycles. The topological polar surface area (TPSA) is 118 Å². The fourth-order valence-corrected chi connectivity index (χ4v) is 1.30. The van der Waals surface area contributed by atoms with Crippen molar-refractivity contribution in [1.29, 1.82) is 0 Å². The van der Waals surface area contributed by atoms with E-state index in [4.69, 9.17) is 5.11 Å². The summed E-state index contributed by atoms with van der Waals surface area (Å²) in [4.78, 5) is 31.5. The number of carbonyl (C=O) groups excluding carboxylic acids is 1. The summed E-state index contributed by atoms with van der Waals surface area (Å²) in [6, 6.07) is 1.50. The summed E-state index contributed by atoms with van der Waals surface area (Å²) in [6.07, 6.45) is 0. The van der Waals surface area contributed by atoms with Crippen LogP contribution in [0.2, 0.25) is 0 Å². The van der Waals surface area contributed by atoms with E-state index in [-0.39, 0.29) is 0 Å². The van der Waals surface area contributed by atoms with E-state index in [0.717, 1.165) is 12.1 Å². The van der Waals surface area contributed by atoms with Crippen LogP contribution in [0.4, 0.5) is 10.1 Å². The van der Waals surface area contributed by atoms with Gasteiger partial charge in [0.15, 0.2) is 6.67 Å². The predicted molar refractivity (Wildman–Crippen MR) is 52.0 cm³/mol. The number of nitrogens with zero attached hydrogens (tertiary/aromatic N) is 1. The van der Waals surface area contributed by atoms with Crippen LogP contribution in [0, 0.1) is 10.1 Å². The van der Waals surface area contributed by atoms with E-state index in [2.05, 4.69) is 0 Å². The van der Waals surface area contributed by atoms with Crippen molar-refractivity contribution in [3.8, 4) is 5.75 Å². The average Bonchev–Trinajstić information content (AvgIpc) is 2.26. The fourth-order valence-electron chi connectivity index (χ4n) is 1.30. The van der Waals surface area contributed by atoms with Crippen LogP contribution in [0.1, 0.15) is 20.7 Å². The van der Waals surface area contributed by atoms with Gasteiger partial charge in [-0.25, -0.2) is 9.18 Å². The van der Waals surface area contributed by atoms with Crippen LogP contribution in [0.25, 0.3) is 0 Å². The normalized spacial score (nSPS) is 9.94. The third kappa shape index (κ3) is 2.19. The maximum Gasteiger partial charge on any atom is 0.340 e. The van der Waals surface area contributed by atoms with Gasteiger partial charge in [0.25, 0.3) is 5.69 Å². The highest BCUT2D eigenvalue weighted by Crippen LogP contribution is 2.30. The van der Waals surface area contributed by atoms with Gasteiger partial charge in [-0.05, 0) is 6.07 Å². The molecule has 0 amide bonds. The summed E-state index contributed by atoms with van der Waals surface area (Å²) in [5.74, 6) is -3.95. The molecule has 0 aromatic heterocycles. The van der Waals surface area contributed by atoms with E-state index in [1.807, 2.05) is 0 Å². The largest absolute Gasteiger partial charge is 0.507 e. The predicted octanol–water partition coefficient (Wildman–Crippen LogP) is 1.15. The van der Waals surface area contributed by atoms with Crippen molar-refractivity contribution in [2.45, 2.75) is 0 Å².